The smallest absolute Gasteiger partial charge is 0.232 e. The van der Waals surface area contributed by atoms with Crippen molar-refractivity contribution in [2.24, 2.45) is 11.8 Å². The summed E-state index contributed by atoms with van der Waals surface area (Å²) in [6, 6.07) is 34.0. The minimum absolute atomic E-state index is 0.155. The topological polar surface area (TPSA) is 81.7 Å². The van der Waals surface area contributed by atoms with Gasteiger partial charge in [-0.1, -0.05) is 84.9 Å². The molecule has 2 fully saturated rings. The lowest BCUT2D eigenvalue weighted by molar-refractivity contribution is -0.132. The molecule has 1 N–H and O–H groups in total. The van der Waals surface area contributed by atoms with E-state index in [1.807, 2.05) is 109 Å². The lowest BCUT2D eigenvalue weighted by atomic mass is 9.59. The second-order valence-corrected chi connectivity index (χ2v) is 10.7. The molecule has 1 saturated heterocycles. The Kier molecular flexibility index (Phi) is 5.51. The molecular formula is C35H27NO5. The first-order valence-electron chi connectivity index (χ1n) is 13.5. The van der Waals surface area contributed by atoms with Gasteiger partial charge < -0.3 is 9.47 Å². The fourth-order valence-corrected chi connectivity index (χ4v) is 7.57. The summed E-state index contributed by atoms with van der Waals surface area (Å²) in [4.78, 5) is 43.1. The molecule has 1 aliphatic heterocycles. The largest absolute Gasteiger partial charge is 0.497 e. The number of fused-ring (bicyclic) bond motifs is 5. The van der Waals surface area contributed by atoms with Gasteiger partial charge in [-0.25, -0.2) is 0 Å². The SMILES string of the molecule is COc1ccc(C2=C(c3ccc(OC)cc3)[C@@]3(c4ccccc4)C(=O)[C@@]2(c2ccccc2)[C@@H]2C(=O)NC(=O)[C@@H]23)cc1. The van der Waals surface area contributed by atoms with Crippen LogP contribution in [0.3, 0.4) is 0 Å². The van der Waals surface area contributed by atoms with Crippen LogP contribution in [-0.2, 0) is 25.2 Å². The average molecular weight is 542 g/mol. The van der Waals surface area contributed by atoms with Crippen molar-refractivity contribution in [2.75, 3.05) is 14.2 Å². The highest BCUT2D eigenvalue weighted by atomic mass is 16.5. The van der Waals surface area contributed by atoms with Gasteiger partial charge >= 0.3 is 0 Å². The highest BCUT2D eigenvalue weighted by Crippen LogP contribution is 2.73. The monoisotopic (exact) mass is 541 g/mol. The van der Waals surface area contributed by atoms with Gasteiger partial charge in [-0.15, -0.1) is 0 Å². The molecule has 6 heteroatoms. The number of imide groups is 1. The van der Waals surface area contributed by atoms with Gasteiger partial charge in [0.1, 0.15) is 11.5 Å². The Hall–Kier alpha value is -4.97. The van der Waals surface area contributed by atoms with Crippen molar-refractivity contribution in [3.63, 3.8) is 0 Å². The first kappa shape index (κ1) is 25.0. The molecule has 6 nitrogen and oxygen atoms in total. The first-order chi connectivity index (χ1) is 20.0. The Labute approximate surface area is 237 Å². The third kappa shape index (κ3) is 3.10. The van der Waals surface area contributed by atoms with Crippen LogP contribution in [0.5, 0.6) is 11.5 Å². The zero-order valence-electron chi connectivity index (χ0n) is 22.6. The fraction of sp³-hybridized carbons (Fsp3) is 0.171. The fourth-order valence-electron chi connectivity index (χ4n) is 7.57. The molecule has 202 valence electrons. The number of methoxy groups -OCH3 is 2. The summed E-state index contributed by atoms with van der Waals surface area (Å²) in [6.45, 7) is 0. The highest BCUT2D eigenvalue weighted by Gasteiger charge is 2.81. The third-order valence-electron chi connectivity index (χ3n) is 9.05. The van der Waals surface area contributed by atoms with Crippen molar-refractivity contribution in [1.29, 1.82) is 0 Å². The molecule has 2 aliphatic carbocycles. The second kappa shape index (κ2) is 9.03. The van der Waals surface area contributed by atoms with Crippen LogP contribution in [0, 0.1) is 11.8 Å². The maximum Gasteiger partial charge on any atom is 0.232 e. The molecule has 7 rings (SSSR count). The van der Waals surface area contributed by atoms with Crippen LogP contribution in [0.1, 0.15) is 22.3 Å². The van der Waals surface area contributed by atoms with Gasteiger partial charge in [-0.2, -0.15) is 0 Å². The van der Waals surface area contributed by atoms with Gasteiger partial charge in [-0.05, 0) is 57.7 Å². The predicted molar refractivity (Wildman–Crippen MR) is 154 cm³/mol. The maximum absolute atomic E-state index is 15.5. The van der Waals surface area contributed by atoms with Crippen LogP contribution < -0.4 is 14.8 Å². The molecule has 4 aromatic rings. The number of Topliss-reactive ketones (excluding diaryl/α,β-unsaturated/α-hetero) is 1. The predicted octanol–water partition coefficient (Wildman–Crippen LogP) is 4.98. The van der Waals surface area contributed by atoms with Crippen molar-refractivity contribution < 1.29 is 23.9 Å². The Balaban J connectivity index is 1.69. The quantitative estimate of drug-likeness (QED) is 0.349. The second-order valence-electron chi connectivity index (χ2n) is 10.7. The van der Waals surface area contributed by atoms with E-state index in [1.54, 1.807) is 14.2 Å². The maximum atomic E-state index is 15.5. The summed E-state index contributed by atoms with van der Waals surface area (Å²) < 4.78 is 10.9. The van der Waals surface area contributed by atoms with Crippen molar-refractivity contribution in [3.05, 3.63) is 131 Å². The summed E-state index contributed by atoms with van der Waals surface area (Å²) in [5.41, 5.74) is 1.63. The van der Waals surface area contributed by atoms with Gasteiger partial charge in [0.25, 0.3) is 0 Å². The normalized spacial score (nSPS) is 26.2. The van der Waals surface area contributed by atoms with Gasteiger partial charge in [-0.3, -0.25) is 19.7 Å². The Bertz CT molecular complexity index is 1600. The van der Waals surface area contributed by atoms with Crippen LogP contribution in [0.2, 0.25) is 0 Å². The molecule has 4 atom stereocenters. The number of benzene rings is 4. The number of hydrogen-bond acceptors (Lipinski definition) is 5. The van der Waals surface area contributed by atoms with E-state index in [4.69, 9.17) is 9.47 Å². The molecule has 2 bridgehead atoms. The zero-order valence-corrected chi connectivity index (χ0v) is 22.6. The number of amides is 2. The van der Waals surface area contributed by atoms with E-state index in [1.165, 1.54) is 0 Å². The van der Waals surface area contributed by atoms with Crippen molar-refractivity contribution in [1.82, 2.24) is 5.32 Å². The molecule has 1 heterocycles. The van der Waals surface area contributed by atoms with Crippen molar-refractivity contribution in [3.8, 4) is 11.5 Å². The van der Waals surface area contributed by atoms with Crippen LogP contribution in [0.4, 0.5) is 0 Å². The van der Waals surface area contributed by atoms with E-state index in [-0.39, 0.29) is 5.78 Å². The Morgan fingerprint density at radius 2 is 0.902 bits per heavy atom. The zero-order chi connectivity index (χ0) is 28.4. The lowest BCUT2D eigenvalue weighted by Crippen LogP contribution is -2.44. The molecule has 3 aliphatic rings. The summed E-state index contributed by atoms with van der Waals surface area (Å²) in [6.07, 6.45) is 0. The number of rotatable bonds is 6. The molecule has 1 saturated carbocycles. The molecular weight excluding hydrogens is 514 g/mol. The third-order valence-corrected chi connectivity index (χ3v) is 9.05. The Morgan fingerprint density at radius 1 is 0.537 bits per heavy atom. The van der Waals surface area contributed by atoms with E-state index in [9.17, 15) is 9.59 Å². The van der Waals surface area contributed by atoms with Crippen LogP contribution in [0.25, 0.3) is 11.1 Å². The minimum Gasteiger partial charge on any atom is -0.497 e. The molecule has 41 heavy (non-hydrogen) atoms. The van der Waals surface area contributed by atoms with E-state index in [0.717, 1.165) is 22.3 Å². The highest BCUT2D eigenvalue weighted by molar-refractivity contribution is 6.35. The van der Waals surface area contributed by atoms with Crippen molar-refractivity contribution in [2.45, 2.75) is 10.8 Å². The Morgan fingerprint density at radius 3 is 1.24 bits per heavy atom. The summed E-state index contributed by atoms with van der Waals surface area (Å²) >= 11 is 0. The lowest BCUT2D eigenvalue weighted by Gasteiger charge is -2.39. The van der Waals surface area contributed by atoms with E-state index in [2.05, 4.69) is 5.32 Å². The van der Waals surface area contributed by atoms with Crippen LogP contribution >= 0.6 is 0 Å². The number of nitrogens with one attached hydrogen (secondary N) is 1. The van der Waals surface area contributed by atoms with Gasteiger partial charge in [0.15, 0.2) is 5.78 Å². The van der Waals surface area contributed by atoms with E-state index in [0.29, 0.717) is 22.6 Å². The van der Waals surface area contributed by atoms with Gasteiger partial charge in [0.2, 0.25) is 11.8 Å². The van der Waals surface area contributed by atoms with Crippen LogP contribution in [-0.4, -0.2) is 31.8 Å². The summed E-state index contributed by atoms with van der Waals surface area (Å²) in [7, 11) is 3.21. The van der Waals surface area contributed by atoms with Crippen molar-refractivity contribution >= 4 is 28.7 Å². The number of ketones is 1. The van der Waals surface area contributed by atoms with Gasteiger partial charge in [0, 0.05) is 0 Å². The number of carbonyl (C=O) groups is 3. The number of carbonyl (C=O) groups excluding carboxylic acids is 3. The summed E-state index contributed by atoms with van der Waals surface area (Å²) in [5.74, 6) is -1.48. The number of allylic oxidation sites excluding steroid dienone is 2. The van der Waals surface area contributed by atoms with Crippen LogP contribution in [0.15, 0.2) is 109 Å². The van der Waals surface area contributed by atoms with E-state index < -0.39 is 34.5 Å². The average Bonchev–Trinajstić information content (AvgIpc) is 3.56. The molecule has 4 aromatic carbocycles. The number of ether oxygens (including phenoxy) is 2. The standard InChI is InChI=1S/C35H27NO5/c1-40-25-17-13-21(14-18-25)27-28(22-15-19-26(41-2)20-16-22)35(24-11-7-4-8-12-24)30-29(31(37)36-32(30)38)34(27,33(35)39)23-9-5-3-6-10-23/h3-20,29-30H,1-2H3,(H,36,37,38)/t29-,30+,34-,35-/m1/s1. The molecule has 0 unspecified atom stereocenters. The molecule has 0 spiro atoms. The number of hydrogen-bond donors (Lipinski definition) is 1. The minimum atomic E-state index is -1.40. The van der Waals surface area contributed by atoms with Gasteiger partial charge in [0.05, 0.1) is 36.9 Å². The molecule has 0 aromatic heterocycles. The molecule has 2 amide bonds. The molecule has 0 radical (unpaired) electrons. The van der Waals surface area contributed by atoms with E-state index >= 15 is 4.79 Å². The summed E-state index contributed by atoms with van der Waals surface area (Å²) in [5, 5.41) is 2.61. The first-order valence-corrected chi connectivity index (χ1v) is 13.5.